The summed E-state index contributed by atoms with van der Waals surface area (Å²) in [6, 6.07) is 8.16. The van der Waals surface area contributed by atoms with Crippen LogP contribution in [0.25, 0.3) is 0 Å². The molecule has 2 rings (SSSR count). The lowest BCUT2D eigenvalue weighted by Crippen LogP contribution is -2.33. The summed E-state index contributed by atoms with van der Waals surface area (Å²) in [6.07, 6.45) is 1.58. The highest BCUT2D eigenvalue weighted by Crippen LogP contribution is 2.14. The van der Waals surface area contributed by atoms with Crippen molar-refractivity contribution in [2.24, 2.45) is 0 Å². The van der Waals surface area contributed by atoms with E-state index in [4.69, 9.17) is 4.74 Å². The number of anilines is 1. The number of nitrogens with zero attached hydrogens (tertiary/aromatic N) is 1. The molecule has 0 spiro atoms. The third-order valence-electron chi connectivity index (χ3n) is 3.14. The molecule has 98 valence electrons. The van der Waals surface area contributed by atoms with E-state index >= 15 is 0 Å². The first-order valence-electron chi connectivity index (χ1n) is 6.32. The first-order valence-corrected chi connectivity index (χ1v) is 6.32. The van der Waals surface area contributed by atoms with Gasteiger partial charge in [-0.05, 0) is 30.5 Å². The van der Waals surface area contributed by atoms with Gasteiger partial charge >= 0.3 is 0 Å². The van der Waals surface area contributed by atoms with Gasteiger partial charge in [0.15, 0.2) is 0 Å². The molecule has 0 radical (unpaired) electrons. The minimum atomic E-state index is -0.244. The molecule has 1 aromatic carbocycles. The van der Waals surface area contributed by atoms with Crippen molar-refractivity contribution in [3.8, 4) is 0 Å². The zero-order valence-electron chi connectivity index (χ0n) is 11.0. The Balaban J connectivity index is 1.84. The maximum atomic E-state index is 11.7. The van der Waals surface area contributed by atoms with E-state index in [0.29, 0.717) is 13.2 Å². The highest BCUT2D eigenvalue weighted by atomic mass is 16.5. The number of carbonyl (C=O) groups excluding carboxylic acids is 1. The molecular weight excluding hydrogens is 228 g/mol. The van der Waals surface area contributed by atoms with Gasteiger partial charge in [-0.3, -0.25) is 4.79 Å². The van der Waals surface area contributed by atoms with Gasteiger partial charge in [0, 0.05) is 32.9 Å². The molecular formula is C14H20N2O2. The molecule has 1 unspecified atom stereocenters. The smallest absolute Gasteiger partial charge is 0.249 e. The third-order valence-corrected chi connectivity index (χ3v) is 3.14. The molecule has 1 fully saturated rings. The second-order valence-electron chi connectivity index (χ2n) is 4.78. The molecule has 1 amide bonds. The summed E-state index contributed by atoms with van der Waals surface area (Å²) >= 11 is 0. The fraction of sp³-hybridized carbons (Fsp3) is 0.500. The Labute approximate surface area is 108 Å². The molecule has 1 N–H and O–H groups in total. The van der Waals surface area contributed by atoms with Crippen molar-refractivity contribution < 1.29 is 9.53 Å². The van der Waals surface area contributed by atoms with E-state index in [9.17, 15) is 4.79 Å². The number of carbonyl (C=O) groups is 1. The molecule has 4 nitrogen and oxygen atoms in total. The number of hydrogen-bond acceptors (Lipinski definition) is 3. The second kappa shape index (κ2) is 5.87. The van der Waals surface area contributed by atoms with Crippen LogP contribution >= 0.6 is 0 Å². The van der Waals surface area contributed by atoms with Gasteiger partial charge in [0.25, 0.3) is 0 Å². The predicted molar refractivity (Wildman–Crippen MR) is 71.6 cm³/mol. The standard InChI is InChI=1S/C14H20N2O2/c1-16(2)12-7-5-11(6-8-12)10-15-14(17)13-4-3-9-18-13/h5-8,13H,3-4,9-10H2,1-2H3,(H,15,17). The van der Waals surface area contributed by atoms with Crippen molar-refractivity contribution in [1.29, 1.82) is 0 Å². The number of amides is 1. The normalized spacial score (nSPS) is 18.7. The Morgan fingerprint density at radius 2 is 2.11 bits per heavy atom. The Morgan fingerprint density at radius 1 is 1.39 bits per heavy atom. The topological polar surface area (TPSA) is 41.6 Å². The van der Waals surface area contributed by atoms with Gasteiger partial charge < -0.3 is 15.0 Å². The van der Waals surface area contributed by atoms with Crippen LogP contribution in [0.3, 0.4) is 0 Å². The Hall–Kier alpha value is -1.55. The molecule has 4 heteroatoms. The van der Waals surface area contributed by atoms with Crippen LogP contribution in [0.2, 0.25) is 0 Å². The number of ether oxygens (including phenoxy) is 1. The first-order chi connectivity index (χ1) is 8.66. The van der Waals surface area contributed by atoms with Gasteiger partial charge in [-0.1, -0.05) is 12.1 Å². The quantitative estimate of drug-likeness (QED) is 0.879. The number of rotatable bonds is 4. The molecule has 1 aliphatic rings. The molecule has 18 heavy (non-hydrogen) atoms. The molecule has 0 aliphatic carbocycles. The van der Waals surface area contributed by atoms with Crippen LogP contribution in [0.1, 0.15) is 18.4 Å². The maximum Gasteiger partial charge on any atom is 0.249 e. The van der Waals surface area contributed by atoms with Crippen LogP contribution in [0, 0.1) is 0 Å². The summed E-state index contributed by atoms with van der Waals surface area (Å²) in [5.74, 6) is 0.00388. The van der Waals surface area contributed by atoms with Crippen molar-refractivity contribution in [2.45, 2.75) is 25.5 Å². The van der Waals surface area contributed by atoms with E-state index in [2.05, 4.69) is 10.2 Å². The van der Waals surface area contributed by atoms with Gasteiger partial charge in [-0.2, -0.15) is 0 Å². The Bertz CT molecular complexity index is 395. The van der Waals surface area contributed by atoms with Crippen molar-refractivity contribution in [1.82, 2.24) is 5.32 Å². The van der Waals surface area contributed by atoms with E-state index in [0.717, 1.165) is 24.1 Å². The van der Waals surface area contributed by atoms with Gasteiger partial charge in [-0.25, -0.2) is 0 Å². The van der Waals surface area contributed by atoms with Crippen molar-refractivity contribution in [2.75, 3.05) is 25.6 Å². The van der Waals surface area contributed by atoms with E-state index in [-0.39, 0.29) is 12.0 Å². The van der Waals surface area contributed by atoms with Crippen LogP contribution in [0.15, 0.2) is 24.3 Å². The molecule has 0 aromatic heterocycles. The number of benzene rings is 1. The van der Waals surface area contributed by atoms with Gasteiger partial charge in [0.1, 0.15) is 6.10 Å². The van der Waals surface area contributed by atoms with Crippen molar-refractivity contribution in [3.05, 3.63) is 29.8 Å². The summed E-state index contributed by atoms with van der Waals surface area (Å²) in [5.41, 5.74) is 2.26. The summed E-state index contributed by atoms with van der Waals surface area (Å²) in [5, 5.41) is 2.91. The molecule has 1 aromatic rings. The highest BCUT2D eigenvalue weighted by Gasteiger charge is 2.22. The molecule has 1 atom stereocenters. The maximum absolute atomic E-state index is 11.7. The molecule has 1 saturated heterocycles. The van der Waals surface area contributed by atoms with Crippen molar-refractivity contribution >= 4 is 11.6 Å². The summed E-state index contributed by atoms with van der Waals surface area (Å²) in [6.45, 7) is 1.27. The van der Waals surface area contributed by atoms with E-state index in [1.165, 1.54) is 0 Å². The fourth-order valence-corrected chi connectivity index (χ4v) is 2.00. The van der Waals surface area contributed by atoms with Crippen LogP contribution in [0.4, 0.5) is 5.69 Å². The van der Waals surface area contributed by atoms with E-state index in [1.54, 1.807) is 0 Å². The number of hydrogen-bond donors (Lipinski definition) is 1. The second-order valence-corrected chi connectivity index (χ2v) is 4.78. The third kappa shape index (κ3) is 3.23. The lowest BCUT2D eigenvalue weighted by atomic mass is 10.2. The van der Waals surface area contributed by atoms with Crippen molar-refractivity contribution in [3.63, 3.8) is 0 Å². The lowest BCUT2D eigenvalue weighted by Gasteiger charge is -2.13. The average Bonchev–Trinajstić information content (AvgIpc) is 2.90. The lowest BCUT2D eigenvalue weighted by molar-refractivity contribution is -0.130. The van der Waals surface area contributed by atoms with E-state index < -0.39 is 0 Å². The minimum absolute atomic E-state index is 0.00388. The molecule has 1 heterocycles. The Morgan fingerprint density at radius 3 is 2.67 bits per heavy atom. The molecule has 0 saturated carbocycles. The summed E-state index contributed by atoms with van der Waals surface area (Å²) in [7, 11) is 4.02. The van der Waals surface area contributed by atoms with Gasteiger partial charge in [0.2, 0.25) is 5.91 Å². The highest BCUT2D eigenvalue weighted by molar-refractivity contribution is 5.80. The average molecular weight is 248 g/mol. The summed E-state index contributed by atoms with van der Waals surface area (Å²) < 4.78 is 5.34. The summed E-state index contributed by atoms with van der Waals surface area (Å²) in [4.78, 5) is 13.8. The molecule has 0 bridgehead atoms. The van der Waals surface area contributed by atoms with E-state index in [1.807, 2.05) is 38.4 Å². The minimum Gasteiger partial charge on any atom is -0.378 e. The monoisotopic (exact) mass is 248 g/mol. The first kappa shape index (κ1) is 12.9. The van der Waals surface area contributed by atoms with Crippen LogP contribution in [-0.2, 0) is 16.1 Å². The predicted octanol–water partition coefficient (Wildman–Crippen LogP) is 1.55. The molecule has 1 aliphatic heterocycles. The number of nitrogens with one attached hydrogen (secondary N) is 1. The largest absolute Gasteiger partial charge is 0.378 e. The fourth-order valence-electron chi connectivity index (χ4n) is 2.00. The zero-order chi connectivity index (χ0) is 13.0. The van der Waals surface area contributed by atoms with Crippen LogP contribution < -0.4 is 10.2 Å². The SMILES string of the molecule is CN(C)c1ccc(CNC(=O)C2CCCO2)cc1. The van der Waals surface area contributed by atoms with Crippen LogP contribution in [0.5, 0.6) is 0 Å². The zero-order valence-corrected chi connectivity index (χ0v) is 11.0. The van der Waals surface area contributed by atoms with Gasteiger partial charge in [-0.15, -0.1) is 0 Å². The van der Waals surface area contributed by atoms with Gasteiger partial charge in [0.05, 0.1) is 0 Å². The Kier molecular flexibility index (Phi) is 4.20. The van der Waals surface area contributed by atoms with Crippen LogP contribution in [-0.4, -0.2) is 32.7 Å².